The number of likely N-dealkylation sites (N-methyl/N-ethyl adjacent to an activating group) is 1. The molecule has 0 saturated carbocycles. The molecule has 0 aliphatic heterocycles. The number of carbonyl (C=O) groups is 2. The standard InChI is InChI=1S/C22H29F2N5O3/c1-3-29(4-2)19(13-30)22(32)28-18(10-14-5-7-16(23)17(24)9-14)21(31)27-12-15-6-8-20(25)26-11-15/h5-9,11,18-19,30H,3-4,10,12-13H2,1-2H3,(H2,25,26)(H,27,31)(H,28,32)/t18-,19+/m0/s1. The number of hydrogen-bond acceptors (Lipinski definition) is 6. The van der Waals surface area contributed by atoms with Gasteiger partial charge in [-0.15, -0.1) is 0 Å². The number of benzene rings is 1. The molecule has 32 heavy (non-hydrogen) atoms. The molecule has 5 N–H and O–H groups in total. The molecule has 2 atom stereocenters. The van der Waals surface area contributed by atoms with Gasteiger partial charge in [0.2, 0.25) is 11.8 Å². The summed E-state index contributed by atoms with van der Waals surface area (Å²) in [5, 5.41) is 15.0. The van der Waals surface area contributed by atoms with Crippen molar-refractivity contribution in [2.75, 3.05) is 25.4 Å². The van der Waals surface area contributed by atoms with Gasteiger partial charge in [-0.3, -0.25) is 14.5 Å². The summed E-state index contributed by atoms with van der Waals surface area (Å²) < 4.78 is 26.9. The molecular formula is C22H29F2N5O3. The van der Waals surface area contributed by atoms with E-state index in [1.165, 1.54) is 12.3 Å². The van der Waals surface area contributed by atoms with Crippen LogP contribution in [-0.4, -0.2) is 58.6 Å². The van der Waals surface area contributed by atoms with Gasteiger partial charge in [-0.25, -0.2) is 13.8 Å². The molecule has 174 valence electrons. The summed E-state index contributed by atoms with van der Waals surface area (Å²) >= 11 is 0. The first-order valence-corrected chi connectivity index (χ1v) is 10.4. The van der Waals surface area contributed by atoms with Crippen LogP contribution in [0.4, 0.5) is 14.6 Å². The number of carbonyl (C=O) groups excluding carboxylic acids is 2. The molecule has 10 heteroatoms. The number of aromatic nitrogens is 1. The lowest BCUT2D eigenvalue weighted by molar-refractivity contribution is -0.133. The quantitative estimate of drug-likeness (QED) is 0.406. The van der Waals surface area contributed by atoms with Gasteiger partial charge in [0.05, 0.1) is 6.61 Å². The lowest BCUT2D eigenvalue weighted by atomic mass is 10.0. The first kappa shape index (κ1) is 25.2. The van der Waals surface area contributed by atoms with Gasteiger partial charge in [-0.2, -0.15) is 0 Å². The summed E-state index contributed by atoms with van der Waals surface area (Å²) in [7, 11) is 0. The first-order chi connectivity index (χ1) is 15.3. The lowest BCUT2D eigenvalue weighted by Crippen LogP contribution is -2.55. The molecule has 8 nitrogen and oxygen atoms in total. The molecule has 0 saturated heterocycles. The highest BCUT2D eigenvalue weighted by molar-refractivity contribution is 5.90. The largest absolute Gasteiger partial charge is 0.394 e. The molecular weight excluding hydrogens is 420 g/mol. The van der Waals surface area contributed by atoms with Crippen LogP contribution in [0.5, 0.6) is 0 Å². The Morgan fingerprint density at radius 3 is 2.34 bits per heavy atom. The van der Waals surface area contributed by atoms with Crippen LogP contribution >= 0.6 is 0 Å². The van der Waals surface area contributed by atoms with Gasteiger partial charge in [0.1, 0.15) is 17.9 Å². The molecule has 0 bridgehead atoms. The van der Waals surface area contributed by atoms with Gasteiger partial charge < -0.3 is 21.5 Å². The van der Waals surface area contributed by atoms with E-state index in [0.717, 1.165) is 12.1 Å². The minimum atomic E-state index is -1.07. The number of anilines is 1. The maximum atomic E-state index is 13.7. The summed E-state index contributed by atoms with van der Waals surface area (Å²) in [5.41, 5.74) is 6.59. The Kier molecular flexibility index (Phi) is 9.48. The van der Waals surface area contributed by atoms with Crippen molar-refractivity contribution < 1.29 is 23.5 Å². The van der Waals surface area contributed by atoms with Crippen LogP contribution in [0.3, 0.4) is 0 Å². The number of pyridine rings is 1. The molecule has 0 aliphatic rings. The monoisotopic (exact) mass is 449 g/mol. The number of nitrogens with zero attached hydrogens (tertiary/aromatic N) is 2. The van der Waals surface area contributed by atoms with E-state index in [2.05, 4.69) is 15.6 Å². The summed E-state index contributed by atoms with van der Waals surface area (Å²) in [4.78, 5) is 31.4. The van der Waals surface area contributed by atoms with Crippen LogP contribution in [-0.2, 0) is 22.6 Å². The number of halogens is 2. The van der Waals surface area contributed by atoms with Gasteiger partial charge in [0.25, 0.3) is 0 Å². The number of nitrogens with two attached hydrogens (primary N) is 1. The second-order valence-electron chi connectivity index (χ2n) is 7.24. The van der Waals surface area contributed by atoms with E-state index < -0.39 is 42.1 Å². The van der Waals surface area contributed by atoms with Crippen molar-refractivity contribution in [3.8, 4) is 0 Å². The fourth-order valence-electron chi connectivity index (χ4n) is 3.26. The van der Waals surface area contributed by atoms with E-state index in [1.54, 1.807) is 17.0 Å². The Hall–Kier alpha value is -3.11. The molecule has 0 aliphatic carbocycles. The van der Waals surface area contributed by atoms with Crippen molar-refractivity contribution in [3.05, 3.63) is 59.3 Å². The zero-order chi connectivity index (χ0) is 23.7. The molecule has 0 unspecified atom stereocenters. The van der Waals surface area contributed by atoms with Crippen LogP contribution in [0.25, 0.3) is 0 Å². The zero-order valence-electron chi connectivity index (χ0n) is 18.1. The molecule has 2 aromatic rings. The summed E-state index contributed by atoms with van der Waals surface area (Å²) in [6, 6.07) is 4.69. The van der Waals surface area contributed by atoms with Gasteiger partial charge in [-0.05, 0) is 42.4 Å². The van der Waals surface area contributed by atoms with Gasteiger partial charge in [0, 0.05) is 19.2 Å². The van der Waals surface area contributed by atoms with Crippen LogP contribution < -0.4 is 16.4 Å². The number of rotatable bonds is 11. The van der Waals surface area contributed by atoms with Crippen LogP contribution in [0.1, 0.15) is 25.0 Å². The highest BCUT2D eigenvalue weighted by Gasteiger charge is 2.28. The number of amides is 2. The second-order valence-corrected chi connectivity index (χ2v) is 7.24. The molecule has 2 rings (SSSR count). The maximum absolute atomic E-state index is 13.7. The number of aliphatic hydroxyl groups excluding tert-OH is 1. The Balaban J connectivity index is 2.18. The second kappa shape index (κ2) is 12.1. The predicted octanol–water partition coefficient (Wildman–Crippen LogP) is 0.988. The molecule has 1 aromatic carbocycles. The van der Waals surface area contributed by atoms with E-state index >= 15 is 0 Å². The summed E-state index contributed by atoms with van der Waals surface area (Å²) in [6.07, 6.45) is 1.45. The summed E-state index contributed by atoms with van der Waals surface area (Å²) in [5.74, 6) is -2.76. The molecule has 0 spiro atoms. The smallest absolute Gasteiger partial charge is 0.243 e. The Labute approximate surface area is 185 Å². The van der Waals surface area contributed by atoms with Crippen LogP contribution in [0.2, 0.25) is 0 Å². The zero-order valence-corrected chi connectivity index (χ0v) is 18.1. The molecule has 0 radical (unpaired) electrons. The van der Waals surface area contributed by atoms with Crippen molar-refractivity contribution in [3.63, 3.8) is 0 Å². The normalized spacial score (nSPS) is 12.9. The van der Waals surface area contributed by atoms with Crippen molar-refractivity contribution in [1.29, 1.82) is 0 Å². The van der Waals surface area contributed by atoms with Crippen molar-refractivity contribution in [2.24, 2.45) is 0 Å². The Morgan fingerprint density at radius 2 is 1.78 bits per heavy atom. The number of aliphatic hydroxyl groups is 1. The minimum absolute atomic E-state index is 0.0643. The number of nitrogens with one attached hydrogen (secondary N) is 2. The predicted molar refractivity (Wildman–Crippen MR) is 116 cm³/mol. The number of nitrogen functional groups attached to an aromatic ring is 1. The van der Waals surface area contributed by atoms with Gasteiger partial charge in [-0.1, -0.05) is 26.0 Å². The first-order valence-electron chi connectivity index (χ1n) is 10.4. The van der Waals surface area contributed by atoms with Crippen molar-refractivity contribution in [1.82, 2.24) is 20.5 Å². The van der Waals surface area contributed by atoms with Gasteiger partial charge in [0.15, 0.2) is 11.6 Å². The van der Waals surface area contributed by atoms with Crippen molar-refractivity contribution >= 4 is 17.6 Å². The third-order valence-corrected chi connectivity index (χ3v) is 5.10. The van der Waals surface area contributed by atoms with Gasteiger partial charge >= 0.3 is 0 Å². The third kappa shape index (κ3) is 6.96. The highest BCUT2D eigenvalue weighted by atomic mass is 19.2. The molecule has 1 aromatic heterocycles. The molecule has 0 fully saturated rings. The molecule has 1 heterocycles. The average Bonchev–Trinajstić information content (AvgIpc) is 2.78. The Bertz CT molecular complexity index is 907. The summed E-state index contributed by atoms with van der Waals surface area (Å²) in [6.45, 7) is 4.47. The van der Waals surface area contributed by atoms with E-state index in [0.29, 0.717) is 30.0 Å². The van der Waals surface area contributed by atoms with Crippen molar-refractivity contribution in [2.45, 2.75) is 38.9 Å². The van der Waals surface area contributed by atoms with Crippen LogP contribution in [0.15, 0.2) is 36.5 Å². The van der Waals surface area contributed by atoms with E-state index in [9.17, 15) is 23.5 Å². The topological polar surface area (TPSA) is 121 Å². The number of hydrogen-bond donors (Lipinski definition) is 4. The average molecular weight is 450 g/mol. The SMILES string of the molecule is CCN(CC)[C@H](CO)C(=O)N[C@@H](Cc1ccc(F)c(F)c1)C(=O)NCc1ccc(N)nc1. The fourth-order valence-corrected chi connectivity index (χ4v) is 3.26. The van der Waals surface area contributed by atoms with E-state index in [1.807, 2.05) is 13.8 Å². The Morgan fingerprint density at radius 1 is 1.09 bits per heavy atom. The third-order valence-electron chi connectivity index (χ3n) is 5.10. The fraction of sp³-hybridized carbons (Fsp3) is 0.409. The minimum Gasteiger partial charge on any atom is -0.394 e. The van der Waals surface area contributed by atoms with E-state index in [-0.39, 0.29) is 13.0 Å². The molecule has 2 amide bonds. The maximum Gasteiger partial charge on any atom is 0.243 e. The highest BCUT2D eigenvalue weighted by Crippen LogP contribution is 2.12. The van der Waals surface area contributed by atoms with Crippen LogP contribution in [0, 0.1) is 11.6 Å². The van der Waals surface area contributed by atoms with E-state index in [4.69, 9.17) is 5.73 Å². The lowest BCUT2D eigenvalue weighted by Gasteiger charge is -2.29.